The van der Waals surface area contributed by atoms with Gasteiger partial charge in [-0.1, -0.05) is 23.7 Å². The Morgan fingerprint density at radius 2 is 1.90 bits per heavy atom. The van der Waals surface area contributed by atoms with Crippen LogP contribution in [0.5, 0.6) is 0 Å². The Balaban J connectivity index is 1.85. The highest BCUT2D eigenvalue weighted by molar-refractivity contribution is 6.30. The first-order valence-electron chi connectivity index (χ1n) is 6.47. The fourth-order valence-corrected chi connectivity index (χ4v) is 2.88. The van der Waals surface area contributed by atoms with Crippen LogP contribution in [0.1, 0.15) is 35.0 Å². The third-order valence-electron chi connectivity index (χ3n) is 3.55. The molecular formula is C15H13Cl2NO2. The molecule has 0 saturated carbocycles. The van der Waals surface area contributed by atoms with E-state index in [2.05, 4.69) is 0 Å². The molecule has 20 heavy (non-hydrogen) atoms. The number of amides is 1. The number of halogens is 2. The number of carbonyl (C=O) groups is 1. The summed E-state index contributed by atoms with van der Waals surface area (Å²) in [5, 5.41) is 0.929. The monoisotopic (exact) mass is 309 g/mol. The Morgan fingerprint density at radius 1 is 1.15 bits per heavy atom. The minimum atomic E-state index is -0.116. The van der Waals surface area contributed by atoms with Crippen molar-refractivity contribution < 1.29 is 9.21 Å². The van der Waals surface area contributed by atoms with Gasteiger partial charge < -0.3 is 9.32 Å². The van der Waals surface area contributed by atoms with Gasteiger partial charge in [-0.2, -0.15) is 0 Å². The summed E-state index contributed by atoms with van der Waals surface area (Å²) in [6, 6.07) is 10.9. The number of furan rings is 1. The molecule has 1 aromatic heterocycles. The van der Waals surface area contributed by atoms with Gasteiger partial charge in [-0.3, -0.25) is 4.79 Å². The Hall–Kier alpha value is -1.45. The van der Waals surface area contributed by atoms with E-state index in [0.29, 0.717) is 5.02 Å². The summed E-state index contributed by atoms with van der Waals surface area (Å²) in [7, 11) is 0. The second kappa shape index (κ2) is 5.51. The van der Waals surface area contributed by atoms with Crippen molar-refractivity contribution in [2.24, 2.45) is 0 Å². The summed E-state index contributed by atoms with van der Waals surface area (Å²) in [5.41, 5.74) is 1.10. The summed E-state index contributed by atoms with van der Waals surface area (Å²) >= 11 is 11.6. The largest absolute Gasteiger partial charge is 0.440 e. The number of likely N-dealkylation sites (tertiary alicyclic amines) is 1. The molecule has 3 rings (SSSR count). The van der Waals surface area contributed by atoms with E-state index in [4.69, 9.17) is 27.6 Å². The molecule has 0 bridgehead atoms. The number of rotatable bonds is 2. The Labute approximate surface area is 127 Å². The number of hydrogen-bond acceptors (Lipinski definition) is 2. The van der Waals surface area contributed by atoms with Crippen molar-refractivity contribution in [2.75, 3.05) is 6.54 Å². The molecule has 1 fully saturated rings. The fraction of sp³-hybridized carbons (Fsp3) is 0.267. The first-order chi connectivity index (χ1) is 9.65. The van der Waals surface area contributed by atoms with E-state index in [1.54, 1.807) is 12.1 Å². The van der Waals surface area contributed by atoms with Gasteiger partial charge in [-0.25, -0.2) is 0 Å². The maximum Gasteiger partial charge on any atom is 0.290 e. The molecule has 5 heteroatoms. The Morgan fingerprint density at radius 3 is 2.55 bits per heavy atom. The lowest BCUT2D eigenvalue weighted by Crippen LogP contribution is -2.30. The van der Waals surface area contributed by atoms with Gasteiger partial charge in [0.25, 0.3) is 5.91 Å². The van der Waals surface area contributed by atoms with Crippen molar-refractivity contribution in [3.63, 3.8) is 0 Å². The van der Waals surface area contributed by atoms with Crippen LogP contribution in [0.4, 0.5) is 0 Å². The van der Waals surface area contributed by atoms with Crippen LogP contribution in [0.3, 0.4) is 0 Å². The molecule has 0 spiro atoms. The average molecular weight is 310 g/mol. The SMILES string of the molecule is O=C(c1ccc(Cl)o1)N1CCCC1c1ccc(Cl)cc1. The molecule has 1 aliphatic rings. The molecule has 1 aliphatic heterocycles. The molecule has 1 atom stereocenters. The van der Waals surface area contributed by atoms with E-state index in [1.807, 2.05) is 29.2 Å². The number of hydrogen-bond donors (Lipinski definition) is 0. The van der Waals surface area contributed by atoms with E-state index in [9.17, 15) is 4.79 Å². The lowest BCUT2D eigenvalue weighted by molar-refractivity contribution is 0.0703. The first kappa shape index (κ1) is 13.5. The van der Waals surface area contributed by atoms with E-state index < -0.39 is 0 Å². The maximum absolute atomic E-state index is 12.5. The van der Waals surface area contributed by atoms with Crippen LogP contribution in [0.25, 0.3) is 0 Å². The molecule has 2 heterocycles. The second-order valence-corrected chi connectivity index (χ2v) is 5.62. The van der Waals surface area contributed by atoms with E-state index in [-0.39, 0.29) is 22.9 Å². The van der Waals surface area contributed by atoms with Crippen LogP contribution < -0.4 is 0 Å². The van der Waals surface area contributed by atoms with Gasteiger partial charge in [-0.05, 0) is 54.3 Å². The van der Waals surface area contributed by atoms with Crippen LogP contribution in [0.2, 0.25) is 10.2 Å². The molecule has 0 radical (unpaired) electrons. The van der Waals surface area contributed by atoms with Crippen LogP contribution in [-0.2, 0) is 0 Å². The number of nitrogens with zero attached hydrogens (tertiary/aromatic N) is 1. The predicted molar refractivity (Wildman–Crippen MR) is 78.2 cm³/mol. The maximum atomic E-state index is 12.5. The Bertz CT molecular complexity index is 621. The highest BCUT2D eigenvalue weighted by atomic mass is 35.5. The van der Waals surface area contributed by atoms with Gasteiger partial charge in [0.2, 0.25) is 0 Å². The topological polar surface area (TPSA) is 33.5 Å². The molecule has 1 amide bonds. The lowest BCUT2D eigenvalue weighted by atomic mass is 10.0. The minimum absolute atomic E-state index is 0.0728. The molecule has 1 saturated heterocycles. The normalized spacial score (nSPS) is 18.5. The van der Waals surface area contributed by atoms with Crippen molar-refractivity contribution in [2.45, 2.75) is 18.9 Å². The van der Waals surface area contributed by atoms with Crippen molar-refractivity contribution in [1.29, 1.82) is 0 Å². The zero-order chi connectivity index (χ0) is 14.1. The second-order valence-electron chi connectivity index (χ2n) is 4.81. The highest BCUT2D eigenvalue weighted by Gasteiger charge is 2.31. The summed E-state index contributed by atoms with van der Waals surface area (Å²) in [4.78, 5) is 14.3. The van der Waals surface area contributed by atoms with Gasteiger partial charge in [0, 0.05) is 11.6 Å². The van der Waals surface area contributed by atoms with Crippen molar-refractivity contribution in [1.82, 2.24) is 4.90 Å². The fourth-order valence-electron chi connectivity index (χ4n) is 2.61. The third kappa shape index (κ3) is 2.56. The average Bonchev–Trinajstić information content (AvgIpc) is 3.07. The summed E-state index contributed by atoms with van der Waals surface area (Å²) in [6.07, 6.45) is 1.93. The van der Waals surface area contributed by atoms with Gasteiger partial charge in [0.05, 0.1) is 6.04 Å². The number of benzene rings is 1. The first-order valence-corrected chi connectivity index (χ1v) is 7.22. The molecule has 0 aliphatic carbocycles. The standard InChI is InChI=1S/C15H13Cl2NO2/c16-11-5-3-10(4-6-11)12-2-1-9-18(12)15(19)13-7-8-14(17)20-13/h3-8,12H,1-2,9H2. The summed E-state index contributed by atoms with van der Waals surface area (Å²) in [5.74, 6) is 0.171. The van der Waals surface area contributed by atoms with Crippen molar-refractivity contribution in [3.8, 4) is 0 Å². The molecule has 2 aromatic rings. The van der Waals surface area contributed by atoms with Gasteiger partial charge in [0.1, 0.15) is 0 Å². The number of carbonyl (C=O) groups excluding carboxylic acids is 1. The molecule has 104 valence electrons. The zero-order valence-electron chi connectivity index (χ0n) is 10.7. The highest BCUT2D eigenvalue weighted by Crippen LogP contribution is 2.34. The smallest absolute Gasteiger partial charge is 0.290 e. The van der Waals surface area contributed by atoms with Crippen LogP contribution in [0.15, 0.2) is 40.8 Å². The summed E-state index contributed by atoms with van der Waals surface area (Å²) in [6.45, 7) is 0.727. The van der Waals surface area contributed by atoms with Gasteiger partial charge in [0.15, 0.2) is 11.0 Å². The van der Waals surface area contributed by atoms with Gasteiger partial charge in [-0.15, -0.1) is 0 Å². The van der Waals surface area contributed by atoms with Crippen LogP contribution >= 0.6 is 23.2 Å². The summed E-state index contributed by atoms with van der Waals surface area (Å²) < 4.78 is 5.21. The van der Waals surface area contributed by atoms with Gasteiger partial charge >= 0.3 is 0 Å². The lowest BCUT2D eigenvalue weighted by Gasteiger charge is -2.24. The zero-order valence-corrected chi connectivity index (χ0v) is 12.2. The third-order valence-corrected chi connectivity index (χ3v) is 4.01. The quantitative estimate of drug-likeness (QED) is 0.814. The predicted octanol–water partition coefficient (Wildman–Crippen LogP) is 4.56. The minimum Gasteiger partial charge on any atom is -0.440 e. The van der Waals surface area contributed by atoms with Crippen LogP contribution in [0, 0.1) is 0 Å². The van der Waals surface area contributed by atoms with E-state index >= 15 is 0 Å². The van der Waals surface area contributed by atoms with E-state index in [1.165, 1.54) is 0 Å². The molecular weight excluding hydrogens is 297 g/mol. The Kier molecular flexibility index (Phi) is 3.72. The van der Waals surface area contributed by atoms with E-state index in [0.717, 1.165) is 24.9 Å². The molecule has 1 unspecified atom stereocenters. The van der Waals surface area contributed by atoms with Crippen LogP contribution in [-0.4, -0.2) is 17.4 Å². The molecule has 0 N–H and O–H groups in total. The molecule has 1 aromatic carbocycles. The van der Waals surface area contributed by atoms with Crippen molar-refractivity contribution in [3.05, 3.63) is 58.0 Å². The van der Waals surface area contributed by atoms with Crippen molar-refractivity contribution >= 4 is 29.1 Å². The molecule has 3 nitrogen and oxygen atoms in total.